The van der Waals surface area contributed by atoms with E-state index < -0.39 is 0 Å². The van der Waals surface area contributed by atoms with Crippen molar-refractivity contribution in [1.29, 1.82) is 0 Å². The summed E-state index contributed by atoms with van der Waals surface area (Å²) in [6, 6.07) is 2.90. The molecule has 66 valence electrons. The third-order valence-electron chi connectivity index (χ3n) is 1.36. The number of H-pyrrole nitrogens is 1. The van der Waals surface area contributed by atoms with Crippen LogP contribution in [0.15, 0.2) is 16.9 Å². The summed E-state index contributed by atoms with van der Waals surface area (Å²) in [5.41, 5.74) is 5.80. The predicted octanol–water partition coefficient (Wildman–Crippen LogP) is 0.746. The topological polar surface area (TPSA) is 68.1 Å². The molecule has 0 spiro atoms. The van der Waals surface area contributed by atoms with E-state index in [9.17, 15) is 4.79 Å². The normalized spacial score (nSPS) is 9.75. The Labute approximate surface area is 70.4 Å². The molecule has 1 aromatic heterocycles. The van der Waals surface area contributed by atoms with Crippen molar-refractivity contribution < 1.29 is 4.74 Å². The van der Waals surface area contributed by atoms with Gasteiger partial charge in [-0.3, -0.25) is 9.78 Å². The molecular formula is C8H12N2O2. The summed E-state index contributed by atoms with van der Waals surface area (Å²) >= 11 is 0. The smallest absolute Gasteiger partial charge is 0.250 e. The highest BCUT2D eigenvalue weighted by atomic mass is 16.5. The van der Waals surface area contributed by atoms with E-state index in [-0.39, 0.29) is 5.56 Å². The number of rotatable bonds is 3. The number of hydrogen-bond acceptors (Lipinski definition) is 3. The number of hydrogen-bond donors (Lipinski definition) is 2. The van der Waals surface area contributed by atoms with Gasteiger partial charge in [0.05, 0.1) is 12.3 Å². The van der Waals surface area contributed by atoms with Gasteiger partial charge >= 0.3 is 0 Å². The number of aromatic nitrogens is 1. The second-order valence-corrected chi connectivity index (χ2v) is 2.46. The largest absolute Gasteiger partial charge is 0.477 e. The first-order chi connectivity index (χ1) is 5.74. The molecule has 0 bridgehead atoms. The summed E-state index contributed by atoms with van der Waals surface area (Å²) in [6.45, 7) is 2.54. The Bertz CT molecular complexity index is 306. The SMILES string of the molecule is CCCOc1[nH]c(=O)ccc1N. The van der Waals surface area contributed by atoms with Gasteiger partial charge in [-0.25, -0.2) is 0 Å². The van der Waals surface area contributed by atoms with Gasteiger partial charge in [0, 0.05) is 6.07 Å². The maximum absolute atomic E-state index is 10.8. The lowest BCUT2D eigenvalue weighted by Crippen LogP contribution is -2.09. The van der Waals surface area contributed by atoms with Crippen molar-refractivity contribution in [3.63, 3.8) is 0 Å². The Morgan fingerprint density at radius 3 is 3.00 bits per heavy atom. The van der Waals surface area contributed by atoms with Crippen LogP contribution in [-0.2, 0) is 0 Å². The Hall–Kier alpha value is -1.45. The summed E-state index contributed by atoms with van der Waals surface area (Å²) < 4.78 is 5.19. The van der Waals surface area contributed by atoms with Crippen molar-refractivity contribution >= 4 is 5.69 Å². The minimum absolute atomic E-state index is 0.199. The van der Waals surface area contributed by atoms with Crippen LogP contribution in [0.1, 0.15) is 13.3 Å². The Balaban J connectivity index is 2.82. The van der Waals surface area contributed by atoms with Crippen LogP contribution in [0.25, 0.3) is 0 Å². The lowest BCUT2D eigenvalue weighted by molar-refractivity contribution is 0.306. The van der Waals surface area contributed by atoms with Gasteiger partial charge in [0.1, 0.15) is 0 Å². The average Bonchev–Trinajstić information content (AvgIpc) is 2.07. The van der Waals surface area contributed by atoms with Crippen LogP contribution in [0, 0.1) is 0 Å². The second kappa shape index (κ2) is 3.80. The number of nitrogen functional groups attached to an aromatic ring is 1. The number of pyridine rings is 1. The number of ether oxygens (including phenoxy) is 1. The first-order valence-electron chi connectivity index (χ1n) is 3.85. The monoisotopic (exact) mass is 168 g/mol. The van der Waals surface area contributed by atoms with Gasteiger partial charge in [-0.15, -0.1) is 0 Å². The van der Waals surface area contributed by atoms with Crippen LogP contribution in [0.3, 0.4) is 0 Å². The van der Waals surface area contributed by atoms with Crippen molar-refractivity contribution in [3.8, 4) is 5.88 Å². The molecule has 3 N–H and O–H groups in total. The maximum atomic E-state index is 10.8. The fraction of sp³-hybridized carbons (Fsp3) is 0.375. The zero-order valence-electron chi connectivity index (χ0n) is 6.96. The van der Waals surface area contributed by atoms with E-state index in [0.29, 0.717) is 18.2 Å². The number of aromatic amines is 1. The molecular weight excluding hydrogens is 156 g/mol. The zero-order chi connectivity index (χ0) is 8.97. The molecule has 0 atom stereocenters. The van der Waals surface area contributed by atoms with Crippen molar-refractivity contribution in [2.75, 3.05) is 12.3 Å². The molecule has 0 fully saturated rings. The molecule has 0 unspecified atom stereocenters. The number of anilines is 1. The molecule has 0 radical (unpaired) electrons. The molecule has 4 nitrogen and oxygen atoms in total. The predicted molar refractivity (Wildman–Crippen MR) is 47.3 cm³/mol. The third kappa shape index (κ3) is 2.02. The Kier molecular flexibility index (Phi) is 2.74. The van der Waals surface area contributed by atoms with Gasteiger partial charge in [-0.1, -0.05) is 6.92 Å². The van der Waals surface area contributed by atoms with E-state index >= 15 is 0 Å². The molecule has 0 aromatic carbocycles. The fourth-order valence-electron chi connectivity index (χ4n) is 0.790. The molecule has 4 heteroatoms. The van der Waals surface area contributed by atoms with E-state index in [0.717, 1.165) is 6.42 Å². The number of nitrogens with one attached hydrogen (secondary N) is 1. The average molecular weight is 168 g/mol. The Morgan fingerprint density at radius 2 is 2.33 bits per heavy atom. The van der Waals surface area contributed by atoms with Gasteiger partial charge in [0.25, 0.3) is 5.56 Å². The van der Waals surface area contributed by atoms with Gasteiger partial charge < -0.3 is 10.5 Å². The van der Waals surface area contributed by atoms with E-state index in [4.69, 9.17) is 10.5 Å². The quantitative estimate of drug-likeness (QED) is 0.699. The van der Waals surface area contributed by atoms with Crippen molar-refractivity contribution in [2.24, 2.45) is 0 Å². The summed E-state index contributed by atoms with van der Waals surface area (Å²) in [5.74, 6) is 0.365. The van der Waals surface area contributed by atoms with Crippen LogP contribution < -0.4 is 16.0 Å². The fourth-order valence-corrected chi connectivity index (χ4v) is 0.790. The van der Waals surface area contributed by atoms with Crippen molar-refractivity contribution in [2.45, 2.75) is 13.3 Å². The highest BCUT2D eigenvalue weighted by Crippen LogP contribution is 2.13. The molecule has 0 aliphatic rings. The lowest BCUT2D eigenvalue weighted by atomic mass is 10.4. The van der Waals surface area contributed by atoms with Gasteiger partial charge in [0.15, 0.2) is 0 Å². The van der Waals surface area contributed by atoms with Crippen LogP contribution >= 0.6 is 0 Å². The van der Waals surface area contributed by atoms with E-state index in [1.807, 2.05) is 6.92 Å². The molecule has 0 amide bonds. The standard InChI is InChI=1S/C8H12N2O2/c1-2-5-12-8-6(9)3-4-7(11)10-8/h3-4H,2,5,9H2,1H3,(H,10,11). The van der Waals surface area contributed by atoms with E-state index in [1.165, 1.54) is 12.1 Å². The highest BCUT2D eigenvalue weighted by Gasteiger charge is 1.98. The van der Waals surface area contributed by atoms with Crippen LogP contribution in [-0.4, -0.2) is 11.6 Å². The first kappa shape index (κ1) is 8.64. The maximum Gasteiger partial charge on any atom is 0.250 e. The molecule has 0 saturated heterocycles. The Morgan fingerprint density at radius 1 is 1.58 bits per heavy atom. The van der Waals surface area contributed by atoms with E-state index in [1.54, 1.807) is 0 Å². The van der Waals surface area contributed by atoms with Gasteiger partial charge in [-0.05, 0) is 12.5 Å². The third-order valence-corrected chi connectivity index (χ3v) is 1.36. The van der Waals surface area contributed by atoms with Crippen LogP contribution in [0.5, 0.6) is 5.88 Å². The number of nitrogens with two attached hydrogens (primary N) is 1. The summed E-state index contributed by atoms with van der Waals surface area (Å²) in [4.78, 5) is 13.3. The van der Waals surface area contributed by atoms with Gasteiger partial charge in [-0.2, -0.15) is 0 Å². The van der Waals surface area contributed by atoms with Crippen molar-refractivity contribution in [1.82, 2.24) is 4.98 Å². The molecule has 1 heterocycles. The first-order valence-corrected chi connectivity index (χ1v) is 3.85. The highest BCUT2D eigenvalue weighted by molar-refractivity contribution is 5.46. The molecule has 1 aromatic rings. The molecule has 1 rings (SSSR count). The van der Waals surface area contributed by atoms with Gasteiger partial charge in [0.2, 0.25) is 5.88 Å². The molecule has 0 aliphatic heterocycles. The molecule has 0 saturated carbocycles. The van der Waals surface area contributed by atoms with Crippen LogP contribution in [0.4, 0.5) is 5.69 Å². The second-order valence-electron chi connectivity index (χ2n) is 2.46. The van der Waals surface area contributed by atoms with Crippen LogP contribution in [0.2, 0.25) is 0 Å². The molecule has 12 heavy (non-hydrogen) atoms. The zero-order valence-corrected chi connectivity index (χ0v) is 6.96. The molecule has 0 aliphatic carbocycles. The lowest BCUT2D eigenvalue weighted by Gasteiger charge is -2.05. The summed E-state index contributed by atoms with van der Waals surface area (Å²) in [6.07, 6.45) is 0.885. The summed E-state index contributed by atoms with van der Waals surface area (Å²) in [5, 5.41) is 0. The minimum Gasteiger partial charge on any atom is -0.477 e. The van der Waals surface area contributed by atoms with E-state index in [2.05, 4.69) is 4.98 Å². The van der Waals surface area contributed by atoms with Crippen molar-refractivity contribution in [3.05, 3.63) is 22.5 Å². The minimum atomic E-state index is -0.199. The summed E-state index contributed by atoms with van der Waals surface area (Å²) in [7, 11) is 0.